The number of benzene rings is 2. The van der Waals surface area contributed by atoms with Crippen LogP contribution in [-0.4, -0.2) is 12.6 Å². The van der Waals surface area contributed by atoms with Crippen molar-refractivity contribution < 1.29 is 13.9 Å². The monoisotopic (exact) mass is 308 g/mol. The Bertz CT molecular complexity index is 677. The number of hydrogen-bond acceptors (Lipinski definition) is 4. The van der Waals surface area contributed by atoms with Gasteiger partial charge in [-0.3, -0.25) is 0 Å². The second-order valence-corrected chi connectivity index (χ2v) is 4.68. The van der Waals surface area contributed by atoms with E-state index in [-0.39, 0.29) is 6.61 Å². The summed E-state index contributed by atoms with van der Waals surface area (Å²) in [6, 6.07) is 8.66. The van der Waals surface area contributed by atoms with Gasteiger partial charge >= 0.3 is 5.97 Å². The minimum Gasteiger partial charge on any atom is -0.462 e. The second-order valence-electron chi connectivity index (χ2n) is 4.27. The van der Waals surface area contributed by atoms with Gasteiger partial charge in [-0.25, -0.2) is 9.18 Å². The van der Waals surface area contributed by atoms with Crippen LogP contribution in [0.1, 0.15) is 17.3 Å². The average molecular weight is 309 g/mol. The van der Waals surface area contributed by atoms with Crippen LogP contribution in [0, 0.1) is 5.82 Å². The molecule has 0 aliphatic heterocycles. The quantitative estimate of drug-likeness (QED) is 0.662. The molecule has 0 aromatic heterocycles. The highest BCUT2D eigenvalue weighted by atomic mass is 35.5. The number of halogens is 2. The van der Waals surface area contributed by atoms with E-state index in [4.69, 9.17) is 22.1 Å². The minimum atomic E-state index is -0.445. The summed E-state index contributed by atoms with van der Waals surface area (Å²) in [6.45, 7) is 2.01. The largest absolute Gasteiger partial charge is 0.462 e. The number of nitrogens with two attached hydrogens (primary N) is 1. The molecule has 0 spiro atoms. The van der Waals surface area contributed by atoms with Gasteiger partial charge in [-0.05, 0) is 43.3 Å². The molecule has 21 heavy (non-hydrogen) atoms. The molecule has 0 bridgehead atoms. The molecule has 0 amide bonds. The number of carbonyl (C=O) groups excluding carboxylic acids is 1. The van der Waals surface area contributed by atoms with Gasteiger partial charge in [-0.15, -0.1) is 0 Å². The standard InChI is InChI=1S/C15H14ClFN2O2/c1-2-21-15(20)9-3-6-13(12(18)7-9)19-14-8-10(17)4-5-11(14)16/h3-8,19H,2,18H2,1H3. The summed E-state index contributed by atoms with van der Waals surface area (Å²) in [7, 11) is 0. The zero-order valence-electron chi connectivity index (χ0n) is 11.3. The van der Waals surface area contributed by atoms with E-state index in [9.17, 15) is 9.18 Å². The highest BCUT2D eigenvalue weighted by Gasteiger charge is 2.10. The van der Waals surface area contributed by atoms with E-state index in [1.165, 1.54) is 24.3 Å². The van der Waals surface area contributed by atoms with Crippen LogP contribution in [0.3, 0.4) is 0 Å². The molecule has 0 aliphatic rings. The van der Waals surface area contributed by atoms with Gasteiger partial charge in [0.05, 0.1) is 34.3 Å². The van der Waals surface area contributed by atoms with Crippen molar-refractivity contribution in [3.05, 3.63) is 52.8 Å². The van der Waals surface area contributed by atoms with E-state index in [1.54, 1.807) is 19.1 Å². The summed E-state index contributed by atoms with van der Waals surface area (Å²) in [6.07, 6.45) is 0. The van der Waals surface area contributed by atoms with Crippen LogP contribution in [0.4, 0.5) is 21.5 Å². The lowest BCUT2D eigenvalue weighted by Crippen LogP contribution is -2.06. The first-order chi connectivity index (χ1) is 10.0. The summed E-state index contributed by atoms with van der Waals surface area (Å²) in [5, 5.41) is 3.30. The molecule has 2 aromatic carbocycles. The summed E-state index contributed by atoms with van der Waals surface area (Å²) >= 11 is 5.98. The molecule has 0 atom stereocenters. The number of carbonyl (C=O) groups is 1. The van der Waals surface area contributed by atoms with Crippen LogP contribution in [0.5, 0.6) is 0 Å². The van der Waals surface area contributed by atoms with Crippen molar-refractivity contribution in [3.63, 3.8) is 0 Å². The molecule has 110 valence electrons. The molecular formula is C15H14ClFN2O2. The van der Waals surface area contributed by atoms with Crippen LogP contribution in [0.15, 0.2) is 36.4 Å². The zero-order valence-corrected chi connectivity index (χ0v) is 12.1. The predicted octanol–water partition coefficient (Wildman–Crippen LogP) is 3.98. The first kappa shape index (κ1) is 15.1. The molecule has 6 heteroatoms. The fraction of sp³-hybridized carbons (Fsp3) is 0.133. The molecule has 0 saturated heterocycles. The van der Waals surface area contributed by atoms with Crippen LogP contribution < -0.4 is 11.1 Å². The molecular weight excluding hydrogens is 295 g/mol. The summed E-state index contributed by atoms with van der Waals surface area (Å²) in [4.78, 5) is 11.6. The van der Waals surface area contributed by atoms with Crippen LogP contribution in [-0.2, 0) is 4.74 Å². The maximum atomic E-state index is 13.2. The summed E-state index contributed by atoms with van der Waals surface area (Å²) in [5.41, 5.74) is 7.49. The molecule has 0 unspecified atom stereocenters. The van der Waals surface area contributed by atoms with Gasteiger partial charge in [0.1, 0.15) is 5.82 Å². The maximum absolute atomic E-state index is 13.2. The fourth-order valence-electron chi connectivity index (χ4n) is 1.76. The van der Waals surface area contributed by atoms with Crippen molar-refractivity contribution in [3.8, 4) is 0 Å². The Morgan fingerprint density at radius 3 is 2.71 bits per heavy atom. The maximum Gasteiger partial charge on any atom is 0.338 e. The van der Waals surface area contributed by atoms with Crippen molar-refractivity contribution in [2.24, 2.45) is 0 Å². The Morgan fingerprint density at radius 2 is 2.05 bits per heavy atom. The van der Waals surface area contributed by atoms with Crippen LogP contribution in [0.25, 0.3) is 0 Å². The SMILES string of the molecule is CCOC(=O)c1ccc(Nc2cc(F)ccc2Cl)c(N)c1. The van der Waals surface area contributed by atoms with Gasteiger partial charge in [-0.1, -0.05) is 11.6 Å². The molecule has 0 saturated carbocycles. The minimum absolute atomic E-state index is 0.289. The molecule has 0 fully saturated rings. The normalized spacial score (nSPS) is 10.2. The van der Waals surface area contributed by atoms with Crippen molar-refractivity contribution >= 4 is 34.6 Å². The van der Waals surface area contributed by atoms with E-state index >= 15 is 0 Å². The van der Waals surface area contributed by atoms with Crippen molar-refractivity contribution in [2.45, 2.75) is 6.92 Å². The van der Waals surface area contributed by atoms with E-state index in [1.807, 2.05) is 0 Å². The Morgan fingerprint density at radius 1 is 1.29 bits per heavy atom. The summed E-state index contributed by atoms with van der Waals surface area (Å²) in [5.74, 6) is -0.858. The molecule has 4 nitrogen and oxygen atoms in total. The molecule has 2 aromatic rings. The molecule has 2 rings (SSSR count). The molecule has 0 radical (unpaired) electrons. The Balaban J connectivity index is 2.25. The number of nitrogens with one attached hydrogen (secondary N) is 1. The molecule has 0 aliphatic carbocycles. The number of nitrogen functional groups attached to an aromatic ring is 1. The van der Waals surface area contributed by atoms with Gasteiger partial charge < -0.3 is 15.8 Å². The number of ether oxygens (including phenoxy) is 1. The van der Waals surface area contributed by atoms with E-state index in [0.29, 0.717) is 27.6 Å². The van der Waals surface area contributed by atoms with Crippen molar-refractivity contribution in [2.75, 3.05) is 17.7 Å². The third kappa shape index (κ3) is 3.64. The van der Waals surface area contributed by atoms with E-state index in [2.05, 4.69) is 5.32 Å². The van der Waals surface area contributed by atoms with Crippen molar-refractivity contribution in [1.82, 2.24) is 0 Å². The first-order valence-electron chi connectivity index (χ1n) is 6.30. The van der Waals surface area contributed by atoms with Crippen LogP contribution >= 0.6 is 11.6 Å². The van der Waals surface area contributed by atoms with Gasteiger partial charge in [0.15, 0.2) is 0 Å². The molecule has 3 N–H and O–H groups in total. The van der Waals surface area contributed by atoms with Gasteiger partial charge in [0, 0.05) is 0 Å². The highest BCUT2D eigenvalue weighted by Crippen LogP contribution is 2.29. The van der Waals surface area contributed by atoms with E-state index < -0.39 is 11.8 Å². The lowest BCUT2D eigenvalue weighted by atomic mass is 10.1. The highest BCUT2D eigenvalue weighted by molar-refractivity contribution is 6.33. The fourth-order valence-corrected chi connectivity index (χ4v) is 1.92. The number of hydrogen-bond donors (Lipinski definition) is 2. The number of rotatable bonds is 4. The van der Waals surface area contributed by atoms with E-state index in [0.717, 1.165) is 0 Å². The summed E-state index contributed by atoms with van der Waals surface area (Å²) < 4.78 is 18.1. The van der Waals surface area contributed by atoms with Gasteiger partial charge in [-0.2, -0.15) is 0 Å². The Hall–Kier alpha value is -2.27. The molecule has 0 heterocycles. The zero-order chi connectivity index (χ0) is 15.4. The lowest BCUT2D eigenvalue weighted by Gasteiger charge is -2.12. The Kier molecular flexibility index (Phi) is 4.65. The van der Waals surface area contributed by atoms with Gasteiger partial charge in [0.25, 0.3) is 0 Å². The smallest absolute Gasteiger partial charge is 0.338 e. The number of anilines is 3. The third-order valence-electron chi connectivity index (χ3n) is 2.76. The van der Waals surface area contributed by atoms with Crippen molar-refractivity contribution in [1.29, 1.82) is 0 Å². The average Bonchev–Trinajstić information content (AvgIpc) is 2.45. The number of esters is 1. The van der Waals surface area contributed by atoms with Gasteiger partial charge in [0.2, 0.25) is 0 Å². The second kappa shape index (κ2) is 6.45. The topological polar surface area (TPSA) is 64.3 Å². The first-order valence-corrected chi connectivity index (χ1v) is 6.67. The third-order valence-corrected chi connectivity index (χ3v) is 3.09. The van der Waals surface area contributed by atoms with Crippen LogP contribution in [0.2, 0.25) is 5.02 Å². The predicted molar refractivity (Wildman–Crippen MR) is 81.5 cm³/mol. The Labute approximate surface area is 126 Å². The lowest BCUT2D eigenvalue weighted by molar-refractivity contribution is 0.0526.